The molecule has 7 aliphatic rings. The fourth-order valence-corrected chi connectivity index (χ4v) is 18.4. The summed E-state index contributed by atoms with van der Waals surface area (Å²) in [5, 5.41) is 2.21. The third-order valence-electron chi connectivity index (χ3n) is 22.8. The molecule has 4 atom stereocenters. The van der Waals surface area contributed by atoms with Gasteiger partial charge in [0.2, 0.25) is 0 Å². The monoisotopic (exact) mass is 1200 g/mol. The molecule has 1 aliphatic heterocycles. The van der Waals surface area contributed by atoms with Gasteiger partial charge in [-0.1, -0.05) is 244 Å². The van der Waals surface area contributed by atoms with Crippen molar-refractivity contribution in [2.24, 2.45) is 16.8 Å². The quantitative estimate of drug-likeness (QED) is 0.156. The maximum atomic E-state index is 5.94. The summed E-state index contributed by atoms with van der Waals surface area (Å²) in [4.78, 5) is 22.0. The van der Waals surface area contributed by atoms with Crippen LogP contribution in [-0.4, -0.2) is 26.7 Å². The summed E-state index contributed by atoms with van der Waals surface area (Å²) in [6, 6.07) is 94.0. The summed E-state index contributed by atoms with van der Waals surface area (Å²) in [5.74, 6) is 1.28. The molecule has 4 heteroatoms. The highest BCUT2D eigenvalue weighted by atomic mass is 14.9. The van der Waals surface area contributed by atoms with Gasteiger partial charge in [0.05, 0.1) is 33.1 Å². The Morgan fingerprint density at radius 2 is 0.936 bits per heavy atom. The van der Waals surface area contributed by atoms with E-state index in [1.165, 1.54) is 106 Å². The molecule has 0 amide bonds. The van der Waals surface area contributed by atoms with E-state index in [1.54, 1.807) is 0 Å². The Bertz CT molecular complexity index is 5450. The molecule has 0 N–H and O–H groups in total. The van der Waals surface area contributed by atoms with Crippen LogP contribution < -0.4 is 0 Å². The number of pyridine rings is 1. The lowest BCUT2D eigenvalue weighted by Crippen LogP contribution is -2.35. The van der Waals surface area contributed by atoms with Gasteiger partial charge in [-0.15, -0.1) is 0 Å². The van der Waals surface area contributed by atoms with Crippen LogP contribution >= 0.6 is 0 Å². The van der Waals surface area contributed by atoms with Gasteiger partial charge >= 0.3 is 0 Å². The Balaban J connectivity index is 0.836. The molecule has 11 aromatic carbocycles. The van der Waals surface area contributed by atoms with Crippen LogP contribution in [0.3, 0.4) is 0 Å². The van der Waals surface area contributed by atoms with E-state index >= 15 is 0 Å². The van der Waals surface area contributed by atoms with Crippen LogP contribution in [0.1, 0.15) is 95.7 Å². The van der Waals surface area contributed by atoms with Gasteiger partial charge in [-0.25, -0.2) is 9.97 Å². The normalized spacial score (nSPS) is 19.8. The number of hydrogen-bond donors (Lipinski definition) is 0. The molecule has 0 bridgehead atoms. The zero-order chi connectivity index (χ0) is 62.0. The summed E-state index contributed by atoms with van der Waals surface area (Å²) >= 11 is 0. The van der Waals surface area contributed by atoms with Crippen LogP contribution in [-0.2, 0) is 10.8 Å². The molecule has 6 aliphatic carbocycles. The first-order chi connectivity index (χ1) is 46.3. The van der Waals surface area contributed by atoms with E-state index in [0.29, 0.717) is 5.92 Å². The van der Waals surface area contributed by atoms with Crippen LogP contribution in [0, 0.1) is 11.8 Å². The Labute approximate surface area is 548 Å². The molecule has 2 spiro atoms. The van der Waals surface area contributed by atoms with Crippen molar-refractivity contribution in [1.29, 1.82) is 0 Å². The summed E-state index contributed by atoms with van der Waals surface area (Å²) in [6.45, 7) is 4.75. The van der Waals surface area contributed by atoms with Crippen molar-refractivity contribution < 1.29 is 0 Å². The third kappa shape index (κ3) is 7.45. The standard InChI is InChI=1S/C90H64N4/c1-54-45-57(63-47-64-20-17-18-44-88(64,2)92-53-63)38-41-65(54)85-75-49-61(58-39-42-72-70-25-8-14-31-80(70)89(82(72)50-58)76-27-10-4-21-66(76)67-22-5-11-28-77(67)89)48-74(86(75)94-87(93-85)56-36-34-55(35-37-56)62-46-60-19-3-16-33-84(60)91-52-62)59-40-43-73-71-26-9-15-32-81(71)90(83(73)51-59)78-29-12-6-23-68(78)69-24-7-13-30-79(69)90/h3-17,19-37,39-40,42-43,45-54,64-65H,18,38,41,44H2,1-2H3. The number of aromatic nitrogens is 3. The Kier molecular flexibility index (Phi) is 11.4. The minimum absolute atomic E-state index is 0.0805. The van der Waals surface area contributed by atoms with Gasteiger partial charge in [-0.3, -0.25) is 9.98 Å². The van der Waals surface area contributed by atoms with Gasteiger partial charge in [-0.2, -0.15) is 0 Å². The molecule has 2 aromatic heterocycles. The van der Waals surface area contributed by atoms with Crippen molar-refractivity contribution >= 4 is 28.0 Å². The van der Waals surface area contributed by atoms with E-state index in [9.17, 15) is 0 Å². The first-order valence-electron chi connectivity index (χ1n) is 33.7. The number of allylic oxidation sites excluding steroid dienone is 4. The molecular weight excluding hydrogens is 1140 g/mol. The summed E-state index contributed by atoms with van der Waals surface area (Å²) in [6.07, 6.45) is 18.0. The highest BCUT2D eigenvalue weighted by molar-refractivity contribution is 6.03. The Morgan fingerprint density at radius 3 is 1.52 bits per heavy atom. The lowest BCUT2D eigenvalue weighted by molar-refractivity contribution is 0.360. The molecule has 4 unspecified atom stereocenters. The fourth-order valence-electron chi connectivity index (χ4n) is 18.4. The minimum Gasteiger partial charge on any atom is -0.285 e. The van der Waals surface area contributed by atoms with Gasteiger partial charge in [0.15, 0.2) is 5.82 Å². The van der Waals surface area contributed by atoms with E-state index in [-0.39, 0.29) is 17.4 Å². The number of benzene rings is 11. The van der Waals surface area contributed by atoms with Gasteiger partial charge in [-0.05, 0) is 197 Å². The summed E-state index contributed by atoms with van der Waals surface area (Å²) < 4.78 is 0. The molecule has 0 radical (unpaired) electrons. The highest BCUT2D eigenvalue weighted by Gasteiger charge is 2.53. The van der Waals surface area contributed by atoms with E-state index in [4.69, 9.17) is 19.9 Å². The molecular formula is C90H64N4. The van der Waals surface area contributed by atoms with Crippen molar-refractivity contribution in [3.63, 3.8) is 0 Å². The van der Waals surface area contributed by atoms with E-state index in [1.807, 2.05) is 12.3 Å². The average molecular weight is 1200 g/mol. The predicted molar refractivity (Wildman–Crippen MR) is 385 cm³/mol. The molecule has 444 valence electrons. The highest BCUT2D eigenvalue weighted by Crippen LogP contribution is 2.65. The molecule has 13 aromatic rings. The molecule has 3 heterocycles. The first kappa shape index (κ1) is 53.7. The lowest BCUT2D eigenvalue weighted by atomic mass is 9.70. The Hall–Kier alpha value is -10.9. The number of para-hydroxylation sites is 1. The maximum Gasteiger partial charge on any atom is 0.160 e. The molecule has 94 heavy (non-hydrogen) atoms. The molecule has 0 saturated carbocycles. The van der Waals surface area contributed by atoms with Crippen LogP contribution in [0.4, 0.5) is 0 Å². The van der Waals surface area contributed by atoms with E-state index in [0.717, 1.165) is 92.4 Å². The topological polar surface area (TPSA) is 51.0 Å². The number of rotatable bonds is 6. The smallest absolute Gasteiger partial charge is 0.160 e. The van der Waals surface area contributed by atoms with Gasteiger partial charge in [0.25, 0.3) is 0 Å². The van der Waals surface area contributed by atoms with Crippen molar-refractivity contribution in [2.45, 2.75) is 61.8 Å². The number of fused-ring (bicyclic) bond motifs is 23. The SMILES string of the molecule is CC1C=C(C2=CC3C=CCCC3(C)N=C2)CCC1c1nc(-c2ccc(-c3cnc4ccccc4c3)cc2)nc2c(-c3ccc4c(c3)C3(c5ccccc5-c5ccccc53)c3ccccc3-4)cc(-c3ccc4c(c3)C3(c5ccccc5-c5ccccc53)c3ccccc3-4)cc12. The van der Waals surface area contributed by atoms with Crippen LogP contribution in [0.15, 0.2) is 295 Å². The number of aliphatic imine (C=N–C) groups is 1. The van der Waals surface area contributed by atoms with Gasteiger partial charge < -0.3 is 0 Å². The maximum absolute atomic E-state index is 5.94. The van der Waals surface area contributed by atoms with E-state index in [2.05, 4.69) is 287 Å². The molecule has 0 saturated heterocycles. The van der Waals surface area contributed by atoms with Crippen molar-refractivity contribution in [1.82, 2.24) is 15.0 Å². The van der Waals surface area contributed by atoms with Crippen molar-refractivity contribution in [3.05, 3.63) is 341 Å². The number of dihydropyridines is 1. The zero-order valence-corrected chi connectivity index (χ0v) is 52.5. The van der Waals surface area contributed by atoms with Crippen LogP contribution in [0.5, 0.6) is 0 Å². The second-order valence-corrected chi connectivity index (χ2v) is 27.6. The second-order valence-electron chi connectivity index (χ2n) is 27.6. The fraction of sp³-hybridized carbons (Fsp3) is 0.133. The molecule has 20 rings (SSSR count). The third-order valence-corrected chi connectivity index (χ3v) is 22.8. The number of nitrogens with zero attached hydrogens (tertiary/aromatic N) is 4. The molecule has 4 nitrogen and oxygen atoms in total. The largest absolute Gasteiger partial charge is 0.285 e. The van der Waals surface area contributed by atoms with E-state index < -0.39 is 10.8 Å². The van der Waals surface area contributed by atoms with Crippen molar-refractivity contribution in [2.75, 3.05) is 0 Å². The Morgan fingerprint density at radius 1 is 0.426 bits per heavy atom. The summed E-state index contributed by atoms with van der Waals surface area (Å²) in [7, 11) is 0. The predicted octanol–water partition coefficient (Wildman–Crippen LogP) is 21.7. The second kappa shape index (κ2) is 20.0. The van der Waals surface area contributed by atoms with Crippen LogP contribution in [0.25, 0.3) is 111 Å². The van der Waals surface area contributed by atoms with Gasteiger partial charge in [0.1, 0.15) is 0 Å². The summed E-state index contributed by atoms with van der Waals surface area (Å²) in [5.41, 5.74) is 33.2. The number of hydrogen-bond acceptors (Lipinski definition) is 4. The van der Waals surface area contributed by atoms with Crippen LogP contribution in [0.2, 0.25) is 0 Å². The zero-order valence-electron chi connectivity index (χ0n) is 52.5. The first-order valence-corrected chi connectivity index (χ1v) is 33.7. The molecule has 0 fully saturated rings. The van der Waals surface area contributed by atoms with Gasteiger partial charge in [0, 0.05) is 51.7 Å². The lowest BCUT2D eigenvalue weighted by Gasteiger charge is -2.37. The average Bonchev–Trinajstić information content (AvgIpc) is 1.52. The minimum atomic E-state index is -0.528. The van der Waals surface area contributed by atoms with Crippen molar-refractivity contribution in [3.8, 4) is 89.3 Å².